The van der Waals surface area contributed by atoms with Gasteiger partial charge in [-0.25, -0.2) is 0 Å². The Morgan fingerprint density at radius 2 is 1.60 bits per heavy atom. The molecule has 2 aromatic heterocycles. The zero-order valence-electron chi connectivity index (χ0n) is 15.1. The standard InChI is InChI=1S/C19H23N5O/c1-13-8-15(3)23(21-13)11-17-6-5-7-18(10-17)20-19(25)12-24-16(4)9-14(2)22-24/h5-10H,11-12H2,1-4H3,(H,20,25). The number of aryl methyl sites for hydroxylation is 4. The molecule has 0 bridgehead atoms. The number of rotatable bonds is 5. The van der Waals surface area contributed by atoms with E-state index in [1.807, 2.05) is 62.7 Å². The smallest absolute Gasteiger partial charge is 0.246 e. The van der Waals surface area contributed by atoms with Crippen molar-refractivity contribution in [2.45, 2.75) is 40.8 Å². The number of nitrogens with zero attached hydrogens (tertiary/aromatic N) is 4. The summed E-state index contributed by atoms with van der Waals surface area (Å²) in [7, 11) is 0. The predicted molar refractivity (Wildman–Crippen MR) is 97.6 cm³/mol. The SMILES string of the molecule is Cc1cc(C)n(CC(=O)Nc2cccc(Cn3nc(C)cc3C)c2)n1. The number of amides is 1. The highest BCUT2D eigenvalue weighted by atomic mass is 16.2. The van der Waals surface area contributed by atoms with Crippen LogP contribution in [0.1, 0.15) is 28.3 Å². The van der Waals surface area contributed by atoms with Crippen LogP contribution in [0.5, 0.6) is 0 Å². The van der Waals surface area contributed by atoms with Gasteiger partial charge < -0.3 is 5.32 Å². The maximum absolute atomic E-state index is 12.3. The van der Waals surface area contributed by atoms with Crippen LogP contribution in [0.15, 0.2) is 36.4 Å². The molecule has 0 aliphatic carbocycles. The van der Waals surface area contributed by atoms with Crippen LogP contribution < -0.4 is 5.32 Å². The van der Waals surface area contributed by atoms with E-state index in [1.54, 1.807) is 4.68 Å². The maximum Gasteiger partial charge on any atom is 0.246 e. The molecule has 0 fully saturated rings. The van der Waals surface area contributed by atoms with E-state index >= 15 is 0 Å². The third-order valence-corrected chi connectivity index (χ3v) is 4.04. The summed E-state index contributed by atoms with van der Waals surface area (Å²) in [5.74, 6) is -0.0885. The first kappa shape index (κ1) is 17.0. The number of aromatic nitrogens is 4. The lowest BCUT2D eigenvalue weighted by Gasteiger charge is -2.09. The summed E-state index contributed by atoms with van der Waals surface area (Å²) >= 11 is 0. The average Bonchev–Trinajstić information content (AvgIpc) is 3.00. The molecule has 6 nitrogen and oxygen atoms in total. The Morgan fingerprint density at radius 3 is 2.20 bits per heavy atom. The second kappa shape index (κ2) is 6.93. The highest BCUT2D eigenvalue weighted by Crippen LogP contribution is 2.14. The van der Waals surface area contributed by atoms with Crippen LogP contribution in [0.2, 0.25) is 0 Å². The van der Waals surface area contributed by atoms with Crippen LogP contribution in [0.4, 0.5) is 5.69 Å². The first-order valence-electron chi connectivity index (χ1n) is 8.31. The highest BCUT2D eigenvalue weighted by Gasteiger charge is 2.08. The molecular formula is C19H23N5O. The third-order valence-electron chi connectivity index (χ3n) is 4.04. The van der Waals surface area contributed by atoms with Gasteiger partial charge in [0, 0.05) is 17.1 Å². The highest BCUT2D eigenvalue weighted by molar-refractivity contribution is 5.90. The van der Waals surface area contributed by atoms with Crippen LogP contribution in [-0.4, -0.2) is 25.5 Å². The number of anilines is 1. The summed E-state index contributed by atoms with van der Waals surface area (Å²) in [5.41, 5.74) is 5.90. The monoisotopic (exact) mass is 337 g/mol. The third kappa shape index (κ3) is 4.15. The zero-order valence-corrected chi connectivity index (χ0v) is 15.1. The summed E-state index contributed by atoms with van der Waals surface area (Å²) in [4.78, 5) is 12.3. The van der Waals surface area contributed by atoms with Gasteiger partial charge in [-0.2, -0.15) is 10.2 Å². The normalized spacial score (nSPS) is 10.9. The largest absolute Gasteiger partial charge is 0.324 e. The Labute approximate surface area is 147 Å². The van der Waals surface area contributed by atoms with Gasteiger partial charge in [0.05, 0.1) is 17.9 Å². The molecule has 2 heterocycles. The lowest BCUT2D eigenvalue weighted by atomic mass is 10.2. The predicted octanol–water partition coefficient (Wildman–Crippen LogP) is 3.00. The van der Waals surface area contributed by atoms with E-state index in [4.69, 9.17) is 0 Å². The Morgan fingerprint density at radius 1 is 0.960 bits per heavy atom. The molecule has 1 N–H and O–H groups in total. The summed E-state index contributed by atoms with van der Waals surface area (Å²) in [6, 6.07) is 11.9. The summed E-state index contributed by atoms with van der Waals surface area (Å²) in [5, 5.41) is 11.7. The van der Waals surface area contributed by atoms with Crippen molar-refractivity contribution in [3.63, 3.8) is 0 Å². The molecule has 0 unspecified atom stereocenters. The average molecular weight is 337 g/mol. The van der Waals surface area contributed by atoms with E-state index in [-0.39, 0.29) is 12.5 Å². The van der Waals surface area contributed by atoms with Crippen molar-refractivity contribution < 1.29 is 4.79 Å². The van der Waals surface area contributed by atoms with Gasteiger partial charge in [-0.3, -0.25) is 14.2 Å². The van der Waals surface area contributed by atoms with Gasteiger partial charge in [0.1, 0.15) is 6.54 Å². The fraction of sp³-hybridized carbons (Fsp3) is 0.316. The number of hydrogen-bond acceptors (Lipinski definition) is 3. The number of nitrogens with one attached hydrogen (secondary N) is 1. The fourth-order valence-corrected chi connectivity index (χ4v) is 2.93. The van der Waals surface area contributed by atoms with Crippen molar-refractivity contribution in [2.75, 3.05) is 5.32 Å². The molecule has 1 amide bonds. The van der Waals surface area contributed by atoms with Gasteiger partial charge in [0.2, 0.25) is 5.91 Å². The number of hydrogen-bond donors (Lipinski definition) is 1. The Hall–Kier alpha value is -2.89. The molecule has 25 heavy (non-hydrogen) atoms. The Kier molecular flexibility index (Phi) is 4.70. The van der Waals surface area contributed by atoms with E-state index in [2.05, 4.69) is 21.6 Å². The second-order valence-electron chi connectivity index (χ2n) is 6.42. The van der Waals surface area contributed by atoms with Crippen LogP contribution in [0, 0.1) is 27.7 Å². The minimum atomic E-state index is -0.0885. The summed E-state index contributed by atoms with van der Waals surface area (Å²) < 4.78 is 3.68. The van der Waals surface area contributed by atoms with Crippen LogP contribution in [0.3, 0.4) is 0 Å². The first-order chi connectivity index (χ1) is 11.9. The van der Waals surface area contributed by atoms with E-state index in [9.17, 15) is 4.79 Å². The quantitative estimate of drug-likeness (QED) is 0.778. The fourth-order valence-electron chi connectivity index (χ4n) is 2.93. The van der Waals surface area contributed by atoms with Gasteiger partial charge in [-0.15, -0.1) is 0 Å². The summed E-state index contributed by atoms with van der Waals surface area (Å²) in [6.45, 7) is 8.79. The number of benzene rings is 1. The molecule has 130 valence electrons. The van der Waals surface area contributed by atoms with Crippen molar-refractivity contribution in [1.29, 1.82) is 0 Å². The van der Waals surface area contributed by atoms with Gasteiger partial charge in [-0.05, 0) is 57.5 Å². The van der Waals surface area contributed by atoms with Gasteiger partial charge >= 0.3 is 0 Å². The second-order valence-corrected chi connectivity index (χ2v) is 6.42. The number of carbonyl (C=O) groups is 1. The molecule has 3 aromatic rings. The van der Waals surface area contributed by atoms with E-state index in [0.717, 1.165) is 34.0 Å². The van der Waals surface area contributed by atoms with Gasteiger partial charge in [-0.1, -0.05) is 12.1 Å². The molecule has 0 spiro atoms. The molecule has 0 aliphatic heterocycles. The topological polar surface area (TPSA) is 64.7 Å². The van der Waals surface area contributed by atoms with Crippen molar-refractivity contribution in [2.24, 2.45) is 0 Å². The molecule has 0 atom stereocenters. The van der Waals surface area contributed by atoms with Crippen LogP contribution in [-0.2, 0) is 17.9 Å². The van der Waals surface area contributed by atoms with Crippen LogP contribution in [0.25, 0.3) is 0 Å². The lowest BCUT2D eigenvalue weighted by Crippen LogP contribution is -2.20. The Bertz CT molecular complexity index is 906. The van der Waals surface area contributed by atoms with Crippen molar-refractivity contribution >= 4 is 11.6 Å². The van der Waals surface area contributed by atoms with Gasteiger partial charge in [0.25, 0.3) is 0 Å². The van der Waals surface area contributed by atoms with E-state index < -0.39 is 0 Å². The molecule has 0 saturated heterocycles. The molecule has 3 rings (SSSR count). The Balaban J connectivity index is 1.68. The van der Waals surface area contributed by atoms with Gasteiger partial charge in [0.15, 0.2) is 0 Å². The zero-order chi connectivity index (χ0) is 18.0. The number of carbonyl (C=O) groups excluding carboxylic acids is 1. The molecule has 0 saturated carbocycles. The van der Waals surface area contributed by atoms with Crippen molar-refractivity contribution in [3.8, 4) is 0 Å². The van der Waals surface area contributed by atoms with Crippen molar-refractivity contribution in [3.05, 3.63) is 64.7 Å². The minimum Gasteiger partial charge on any atom is -0.324 e. The van der Waals surface area contributed by atoms with E-state index in [1.165, 1.54) is 0 Å². The van der Waals surface area contributed by atoms with E-state index in [0.29, 0.717) is 6.54 Å². The van der Waals surface area contributed by atoms with Crippen LogP contribution >= 0.6 is 0 Å². The molecule has 1 aromatic carbocycles. The van der Waals surface area contributed by atoms with Crippen molar-refractivity contribution in [1.82, 2.24) is 19.6 Å². The lowest BCUT2D eigenvalue weighted by molar-refractivity contribution is -0.116. The minimum absolute atomic E-state index is 0.0885. The summed E-state index contributed by atoms with van der Waals surface area (Å²) in [6.07, 6.45) is 0. The molecule has 6 heteroatoms. The molecule has 0 radical (unpaired) electrons. The molecular weight excluding hydrogens is 314 g/mol. The first-order valence-corrected chi connectivity index (χ1v) is 8.31. The maximum atomic E-state index is 12.3. The molecule has 0 aliphatic rings.